The van der Waals surface area contributed by atoms with Crippen LogP contribution in [0.1, 0.15) is 36.2 Å². The molecule has 0 unspecified atom stereocenters. The molecule has 4 rings (SSSR count). The molecular weight excluding hydrogens is 426 g/mol. The Morgan fingerprint density at radius 1 is 1.18 bits per heavy atom. The summed E-state index contributed by atoms with van der Waals surface area (Å²) < 4.78 is 7.26. The first-order valence-corrected chi connectivity index (χ1v) is 11.3. The largest absolute Gasteiger partial charge is 0.483 e. The van der Waals surface area contributed by atoms with Crippen LogP contribution in [0.4, 0.5) is 0 Å². The van der Waals surface area contributed by atoms with Crippen LogP contribution in [0.15, 0.2) is 30.6 Å². The van der Waals surface area contributed by atoms with Gasteiger partial charge < -0.3 is 29.4 Å². The summed E-state index contributed by atoms with van der Waals surface area (Å²) in [4.78, 5) is 42.7. The second-order valence-corrected chi connectivity index (χ2v) is 8.62. The maximum absolute atomic E-state index is 13.1. The Bertz CT molecular complexity index is 907. The summed E-state index contributed by atoms with van der Waals surface area (Å²) in [6.07, 6.45) is 7.28. The van der Waals surface area contributed by atoms with Gasteiger partial charge in [-0.2, -0.15) is 0 Å². The van der Waals surface area contributed by atoms with Crippen molar-refractivity contribution in [3.8, 4) is 0 Å². The van der Waals surface area contributed by atoms with E-state index in [1.807, 2.05) is 40.7 Å². The van der Waals surface area contributed by atoms with Crippen LogP contribution in [0.2, 0.25) is 0 Å². The fourth-order valence-corrected chi connectivity index (χ4v) is 4.60. The minimum absolute atomic E-state index is 0.00402. The molecule has 0 aromatic carbocycles. The summed E-state index contributed by atoms with van der Waals surface area (Å²) in [6, 6.07) is 5.69. The molecule has 2 fully saturated rings. The minimum atomic E-state index is -0.250. The Hall–Kier alpha value is -2.98. The molecule has 0 bridgehead atoms. The number of likely N-dealkylation sites (tertiary alicyclic amines) is 2. The van der Waals surface area contributed by atoms with E-state index in [0.717, 1.165) is 57.5 Å². The lowest BCUT2D eigenvalue weighted by Crippen LogP contribution is -2.45. The first-order valence-electron chi connectivity index (χ1n) is 11.3. The summed E-state index contributed by atoms with van der Waals surface area (Å²) in [5, 5.41) is 10.0. The Kier molecular flexibility index (Phi) is 8.79. The predicted molar refractivity (Wildman–Crippen MR) is 122 cm³/mol. The summed E-state index contributed by atoms with van der Waals surface area (Å²) in [5.41, 5.74) is 1.17. The molecule has 2 saturated heterocycles. The van der Waals surface area contributed by atoms with Crippen LogP contribution < -0.4 is 5.32 Å². The molecule has 0 spiro atoms. The van der Waals surface area contributed by atoms with Gasteiger partial charge in [0.2, 0.25) is 5.91 Å². The van der Waals surface area contributed by atoms with Crippen molar-refractivity contribution in [2.45, 2.75) is 37.8 Å². The third-order valence-electron chi connectivity index (χ3n) is 6.30. The molecule has 2 amide bonds. The number of nitrogens with one attached hydrogen (secondary N) is 1. The number of carbonyl (C=O) groups excluding carboxylic acids is 2. The number of piperidine rings is 1. The number of likely N-dealkylation sites (N-methyl/N-ethyl adjacent to an activating group) is 1. The van der Waals surface area contributed by atoms with Gasteiger partial charge in [-0.05, 0) is 44.9 Å². The first kappa shape index (κ1) is 24.7. The number of ether oxygens (including phenoxy) is 1. The fourth-order valence-electron chi connectivity index (χ4n) is 4.60. The van der Waals surface area contributed by atoms with E-state index in [-0.39, 0.29) is 36.4 Å². The summed E-state index contributed by atoms with van der Waals surface area (Å²) in [7, 11) is 3.76. The zero-order valence-electron chi connectivity index (χ0n) is 19.2. The van der Waals surface area contributed by atoms with E-state index in [1.54, 1.807) is 13.3 Å². The SMILES string of the molecule is COC1CCN(C(=O)[C@@H]2CC[C@H](NC(=O)c3cn4ccccc4n3)CN(C)C2)CC1.O=CO. The number of carbonyl (C=O) groups is 3. The molecule has 2 N–H and O–H groups in total. The Morgan fingerprint density at radius 3 is 2.58 bits per heavy atom. The van der Waals surface area contributed by atoms with E-state index < -0.39 is 0 Å². The number of fused-ring (bicyclic) bond motifs is 1. The minimum Gasteiger partial charge on any atom is -0.483 e. The van der Waals surface area contributed by atoms with Gasteiger partial charge in [0.15, 0.2) is 0 Å². The Morgan fingerprint density at radius 2 is 1.91 bits per heavy atom. The summed E-state index contributed by atoms with van der Waals surface area (Å²) in [6.45, 7) is 2.75. The molecule has 10 nitrogen and oxygen atoms in total. The number of carboxylic acid groups (broad SMARTS) is 1. The quantitative estimate of drug-likeness (QED) is 0.658. The van der Waals surface area contributed by atoms with Crippen LogP contribution in [-0.4, -0.2) is 95.1 Å². The van der Waals surface area contributed by atoms with Gasteiger partial charge in [-0.3, -0.25) is 14.4 Å². The van der Waals surface area contributed by atoms with Gasteiger partial charge in [-0.15, -0.1) is 0 Å². The zero-order chi connectivity index (χ0) is 23.8. The third kappa shape index (κ3) is 6.52. The maximum Gasteiger partial charge on any atom is 0.290 e. The molecule has 4 heterocycles. The zero-order valence-corrected chi connectivity index (χ0v) is 19.2. The van der Waals surface area contributed by atoms with E-state index in [4.69, 9.17) is 14.6 Å². The average molecular weight is 460 g/mol. The second-order valence-electron chi connectivity index (χ2n) is 8.62. The van der Waals surface area contributed by atoms with Crippen molar-refractivity contribution in [1.82, 2.24) is 24.5 Å². The van der Waals surface area contributed by atoms with E-state index in [2.05, 4.69) is 15.2 Å². The highest BCUT2D eigenvalue weighted by atomic mass is 16.5. The van der Waals surface area contributed by atoms with Crippen LogP contribution in [0.3, 0.4) is 0 Å². The highest BCUT2D eigenvalue weighted by Gasteiger charge is 2.32. The number of methoxy groups -OCH3 is 1. The van der Waals surface area contributed by atoms with Crippen molar-refractivity contribution in [2.24, 2.45) is 5.92 Å². The molecule has 180 valence electrons. The van der Waals surface area contributed by atoms with Crippen LogP contribution >= 0.6 is 0 Å². The van der Waals surface area contributed by atoms with Gasteiger partial charge in [-0.1, -0.05) is 6.07 Å². The van der Waals surface area contributed by atoms with Crippen molar-refractivity contribution in [3.63, 3.8) is 0 Å². The molecule has 10 heteroatoms. The number of hydrogen-bond donors (Lipinski definition) is 2. The van der Waals surface area contributed by atoms with Crippen LogP contribution in [0.25, 0.3) is 5.65 Å². The van der Waals surface area contributed by atoms with Crippen molar-refractivity contribution in [3.05, 3.63) is 36.3 Å². The van der Waals surface area contributed by atoms with Crippen molar-refractivity contribution < 1.29 is 24.2 Å². The lowest BCUT2D eigenvalue weighted by atomic mass is 9.98. The number of nitrogens with zero attached hydrogens (tertiary/aromatic N) is 4. The smallest absolute Gasteiger partial charge is 0.290 e. The highest BCUT2D eigenvalue weighted by Crippen LogP contribution is 2.22. The van der Waals surface area contributed by atoms with Gasteiger partial charge in [0.1, 0.15) is 11.3 Å². The van der Waals surface area contributed by atoms with E-state index in [9.17, 15) is 9.59 Å². The molecular formula is C23H33N5O5. The van der Waals surface area contributed by atoms with Gasteiger partial charge in [-0.25, -0.2) is 4.98 Å². The lowest BCUT2D eigenvalue weighted by molar-refractivity contribution is -0.138. The first-order chi connectivity index (χ1) is 15.9. The molecule has 2 aromatic heterocycles. The predicted octanol–water partition coefficient (Wildman–Crippen LogP) is 1.11. The molecule has 2 aromatic rings. The Labute approximate surface area is 193 Å². The molecule has 2 atom stereocenters. The van der Waals surface area contributed by atoms with Crippen molar-refractivity contribution in [1.29, 1.82) is 0 Å². The van der Waals surface area contributed by atoms with Crippen LogP contribution in [-0.2, 0) is 14.3 Å². The standard InChI is InChI=1S/C22H31N5O3.CH2O2/c1-25-13-16(22(29)26-11-8-18(30-2)9-12-26)6-7-17(14-25)23-21(28)19-15-27-10-4-3-5-20(27)24-19;2-1-3/h3-5,10,15-18H,6-9,11-14H2,1-2H3,(H,23,28);1H,(H,2,3)/t16-,17+;/m1./s1. The van der Waals surface area contributed by atoms with Gasteiger partial charge >= 0.3 is 0 Å². The van der Waals surface area contributed by atoms with Gasteiger partial charge in [0.05, 0.1) is 12.0 Å². The third-order valence-corrected chi connectivity index (χ3v) is 6.30. The van der Waals surface area contributed by atoms with Crippen LogP contribution in [0.5, 0.6) is 0 Å². The Balaban J connectivity index is 0.000000968. The molecule has 2 aliphatic heterocycles. The van der Waals surface area contributed by atoms with E-state index in [1.165, 1.54) is 0 Å². The second kappa shape index (κ2) is 11.8. The molecule has 0 radical (unpaired) electrons. The topological polar surface area (TPSA) is 116 Å². The highest BCUT2D eigenvalue weighted by molar-refractivity contribution is 5.93. The van der Waals surface area contributed by atoms with E-state index in [0.29, 0.717) is 5.69 Å². The molecule has 0 saturated carbocycles. The summed E-state index contributed by atoms with van der Waals surface area (Å²) >= 11 is 0. The number of hydrogen-bond acceptors (Lipinski definition) is 6. The van der Waals surface area contributed by atoms with Gasteiger partial charge in [0.25, 0.3) is 12.4 Å². The number of aromatic nitrogens is 2. The summed E-state index contributed by atoms with van der Waals surface area (Å²) in [5.74, 6) is 0.0541. The van der Waals surface area contributed by atoms with E-state index >= 15 is 0 Å². The average Bonchev–Trinajstić information content (AvgIpc) is 3.17. The van der Waals surface area contributed by atoms with Crippen molar-refractivity contribution in [2.75, 3.05) is 40.3 Å². The number of amides is 2. The normalized spacial score (nSPS) is 22.2. The number of rotatable bonds is 4. The maximum atomic E-state index is 13.1. The molecule has 0 aliphatic carbocycles. The lowest BCUT2D eigenvalue weighted by Gasteiger charge is -2.34. The number of pyridine rings is 1. The number of imidazole rings is 1. The van der Waals surface area contributed by atoms with Gasteiger partial charge in [0, 0.05) is 51.7 Å². The van der Waals surface area contributed by atoms with Crippen molar-refractivity contribution >= 4 is 23.9 Å². The molecule has 2 aliphatic rings. The molecule has 33 heavy (non-hydrogen) atoms. The monoisotopic (exact) mass is 459 g/mol. The fraction of sp³-hybridized carbons (Fsp3) is 0.565. The van der Waals surface area contributed by atoms with Crippen LogP contribution in [0, 0.1) is 5.92 Å².